The fraction of sp³-hybridized carbons (Fsp3) is 0.600. The molecule has 0 radical (unpaired) electrons. The second-order valence-electron chi connectivity index (χ2n) is 12.0. The maximum absolute atomic E-state index is 12.1. The molecular formula is C30H44N2O3S. The Labute approximate surface area is 219 Å². The summed E-state index contributed by atoms with van der Waals surface area (Å²) in [6.07, 6.45) is 6.01. The maximum atomic E-state index is 12.1. The van der Waals surface area contributed by atoms with Gasteiger partial charge in [-0.2, -0.15) is 8.42 Å². The summed E-state index contributed by atoms with van der Waals surface area (Å²) < 4.78 is 29.7. The van der Waals surface area contributed by atoms with E-state index in [0.29, 0.717) is 17.9 Å². The molecule has 0 aliphatic carbocycles. The van der Waals surface area contributed by atoms with Gasteiger partial charge in [-0.1, -0.05) is 75.4 Å². The number of rotatable bonds is 8. The molecule has 2 heterocycles. The molecule has 4 rings (SSSR count). The van der Waals surface area contributed by atoms with Crippen LogP contribution in [0.3, 0.4) is 0 Å². The van der Waals surface area contributed by atoms with Crippen molar-refractivity contribution >= 4 is 10.1 Å². The third kappa shape index (κ3) is 8.14. The van der Waals surface area contributed by atoms with Crippen molar-refractivity contribution < 1.29 is 12.6 Å². The van der Waals surface area contributed by atoms with E-state index in [2.05, 4.69) is 79.1 Å². The van der Waals surface area contributed by atoms with Crippen LogP contribution in [0, 0.1) is 17.3 Å². The van der Waals surface area contributed by atoms with Gasteiger partial charge >= 0.3 is 0 Å². The van der Waals surface area contributed by atoms with Crippen molar-refractivity contribution in [1.29, 1.82) is 0 Å². The Morgan fingerprint density at radius 2 is 1.50 bits per heavy atom. The molecule has 2 aromatic rings. The lowest BCUT2D eigenvalue weighted by molar-refractivity contribution is -0.0243. The van der Waals surface area contributed by atoms with E-state index in [9.17, 15) is 8.42 Å². The predicted octanol–water partition coefficient (Wildman–Crippen LogP) is 5.70. The van der Waals surface area contributed by atoms with E-state index in [4.69, 9.17) is 4.18 Å². The molecule has 0 spiro atoms. The lowest BCUT2D eigenvalue weighted by atomic mass is 9.75. The summed E-state index contributed by atoms with van der Waals surface area (Å²) >= 11 is 0. The van der Waals surface area contributed by atoms with E-state index in [-0.39, 0.29) is 0 Å². The van der Waals surface area contributed by atoms with Crippen LogP contribution >= 0.6 is 0 Å². The van der Waals surface area contributed by atoms with Crippen molar-refractivity contribution in [2.24, 2.45) is 17.3 Å². The zero-order valence-electron chi connectivity index (χ0n) is 22.5. The van der Waals surface area contributed by atoms with Gasteiger partial charge in [0.05, 0.1) is 6.26 Å². The minimum absolute atomic E-state index is 0.394. The average Bonchev–Trinajstić information content (AvgIpc) is 2.80. The topological polar surface area (TPSA) is 49.9 Å². The minimum Gasteiger partial charge on any atom is -0.299 e. The second kappa shape index (κ2) is 11.8. The van der Waals surface area contributed by atoms with Crippen LogP contribution in [-0.4, -0.2) is 50.3 Å². The van der Waals surface area contributed by atoms with Crippen LogP contribution in [0.15, 0.2) is 54.6 Å². The summed E-state index contributed by atoms with van der Waals surface area (Å²) in [4.78, 5) is 4.78. The van der Waals surface area contributed by atoms with E-state index < -0.39 is 16.3 Å². The van der Waals surface area contributed by atoms with E-state index in [0.717, 1.165) is 57.6 Å². The Bertz CT molecular complexity index is 1070. The Kier molecular flexibility index (Phi) is 8.92. The first-order chi connectivity index (χ1) is 17.0. The average molecular weight is 513 g/mol. The summed E-state index contributed by atoms with van der Waals surface area (Å²) in [5.41, 5.74) is 4.25. The van der Waals surface area contributed by atoms with Gasteiger partial charge < -0.3 is 0 Å². The molecule has 2 fully saturated rings. The van der Waals surface area contributed by atoms with Gasteiger partial charge in [0, 0.05) is 19.6 Å². The highest BCUT2D eigenvalue weighted by molar-refractivity contribution is 7.86. The van der Waals surface area contributed by atoms with Crippen LogP contribution in [0.1, 0.15) is 63.1 Å². The Hall–Kier alpha value is -1.73. The number of piperidine rings is 2. The number of hydrogen-bond donors (Lipinski definition) is 0. The molecular weight excluding hydrogens is 468 g/mol. The Balaban J connectivity index is 1.37. The summed E-state index contributed by atoms with van der Waals surface area (Å²) in [6.45, 7) is 11.9. The first-order valence-corrected chi connectivity index (χ1v) is 15.3. The quantitative estimate of drug-likeness (QED) is 0.425. The standard InChI is InChI=1S/C30H44N2O3S/c1-30(2,3)28-14-16-31(17-15-28)22-26-11-8-12-27(20-26)23-32-18-13-25(19-24-9-6-5-7-10-24)21-29(32)35-36(4,33)34/h5-12,20,25,28-29H,13-19,21-23H2,1-4H3. The van der Waals surface area contributed by atoms with Gasteiger partial charge in [-0.15, -0.1) is 0 Å². The van der Waals surface area contributed by atoms with Crippen molar-refractivity contribution in [3.63, 3.8) is 0 Å². The molecule has 2 atom stereocenters. The predicted molar refractivity (Wildman–Crippen MR) is 147 cm³/mol. The third-order valence-corrected chi connectivity index (χ3v) is 8.59. The summed E-state index contributed by atoms with van der Waals surface area (Å²) in [5, 5.41) is 0. The molecule has 0 bridgehead atoms. The number of benzene rings is 2. The molecule has 2 aliphatic rings. The van der Waals surface area contributed by atoms with Crippen molar-refractivity contribution in [1.82, 2.24) is 9.80 Å². The minimum atomic E-state index is -3.54. The van der Waals surface area contributed by atoms with Gasteiger partial charge in [0.1, 0.15) is 6.23 Å². The van der Waals surface area contributed by atoms with Crippen LogP contribution in [0.2, 0.25) is 0 Å². The highest BCUT2D eigenvalue weighted by Crippen LogP contribution is 2.34. The molecule has 5 nitrogen and oxygen atoms in total. The van der Waals surface area contributed by atoms with Gasteiger partial charge in [0.25, 0.3) is 10.1 Å². The largest absolute Gasteiger partial charge is 0.299 e. The number of nitrogens with zero attached hydrogens (tertiary/aromatic N) is 2. The molecule has 6 heteroatoms. The highest BCUT2D eigenvalue weighted by atomic mass is 32.2. The Morgan fingerprint density at radius 1 is 0.861 bits per heavy atom. The molecule has 36 heavy (non-hydrogen) atoms. The first-order valence-electron chi connectivity index (χ1n) is 13.5. The molecule has 0 amide bonds. The van der Waals surface area contributed by atoms with Crippen molar-refractivity contribution in [3.8, 4) is 0 Å². The molecule has 198 valence electrons. The van der Waals surface area contributed by atoms with Crippen LogP contribution < -0.4 is 0 Å². The molecule has 0 aromatic heterocycles. The van der Waals surface area contributed by atoms with E-state index >= 15 is 0 Å². The van der Waals surface area contributed by atoms with Gasteiger partial charge in [-0.25, -0.2) is 0 Å². The molecule has 0 N–H and O–H groups in total. The van der Waals surface area contributed by atoms with Gasteiger partial charge in [0.2, 0.25) is 0 Å². The fourth-order valence-electron chi connectivity index (χ4n) is 5.94. The smallest absolute Gasteiger partial charge is 0.265 e. The Morgan fingerprint density at radius 3 is 2.14 bits per heavy atom. The molecule has 2 unspecified atom stereocenters. The van der Waals surface area contributed by atoms with Crippen LogP contribution in [0.4, 0.5) is 0 Å². The van der Waals surface area contributed by atoms with Crippen molar-refractivity contribution in [2.75, 3.05) is 25.9 Å². The summed E-state index contributed by atoms with van der Waals surface area (Å²) in [5.74, 6) is 1.22. The molecule has 2 aromatic carbocycles. The zero-order valence-corrected chi connectivity index (χ0v) is 23.3. The first kappa shape index (κ1) is 27.3. The molecule has 0 saturated carbocycles. The zero-order chi connectivity index (χ0) is 25.8. The van der Waals surface area contributed by atoms with Crippen LogP contribution in [0.25, 0.3) is 0 Å². The van der Waals surface area contributed by atoms with Gasteiger partial charge in [0.15, 0.2) is 0 Å². The lowest BCUT2D eigenvalue weighted by Crippen LogP contribution is -2.45. The monoisotopic (exact) mass is 512 g/mol. The van der Waals surface area contributed by atoms with Gasteiger partial charge in [-0.3, -0.25) is 14.0 Å². The fourth-order valence-corrected chi connectivity index (χ4v) is 6.54. The number of likely N-dealkylation sites (tertiary alicyclic amines) is 2. The van der Waals surface area contributed by atoms with E-state index in [1.807, 2.05) is 6.07 Å². The molecule has 2 saturated heterocycles. The van der Waals surface area contributed by atoms with Crippen molar-refractivity contribution in [3.05, 3.63) is 71.3 Å². The third-order valence-electron chi connectivity index (χ3n) is 8.02. The maximum Gasteiger partial charge on any atom is 0.265 e. The van der Waals surface area contributed by atoms with E-state index in [1.165, 1.54) is 29.5 Å². The van der Waals surface area contributed by atoms with Crippen LogP contribution in [-0.2, 0) is 33.8 Å². The summed E-state index contributed by atoms with van der Waals surface area (Å²) in [7, 11) is -3.54. The number of hydrogen-bond acceptors (Lipinski definition) is 5. The van der Waals surface area contributed by atoms with Crippen LogP contribution in [0.5, 0.6) is 0 Å². The summed E-state index contributed by atoms with van der Waals surface area (Å²) in [6, 6.07) is 19.3. The van der Waals surface area contributed by atoms with Crippen molar-refractivity contribution in [2.45, 2.75) is 72.2 Å². The van der Waals surface area contributed by atoms with Gasteiger partial charge in [-0.05, 0) is 79.1 Å². The second-order valence-corrected chi connectivity index (χ2v) is 13.6. The van der Waals surface area contributed by atoms with E-state index in [1.54, 1.807) is 0 Å². The molecule has 2 aliphatic heterocycles. The normalized spacial score (nSPS) is 23.1. The SMILES string of the molecule is CC(C)(C)C1CCN(Cc2cccc(CN3CCC(Cc4ccccc4)CC3OS(C)(=O)=O)c2)CC1. The highest BCUT2D eigenvalue weighted by Gasteiger charge is 2.32. The lowest BCUT2D eigenvalue weighted by Gasteiger charge is -2.39.